The molecule has 3 heterocycles. The smallest absolute Gasteiger partial charge is 0.344 e. The van der Waals surface area contributed by atoms with Gasteiger partial charge >= 0.3 is 5.69 Å². The predicted octanol–water partition coefficient (Wildman–Crippen LogP) is 4.66. The second-order valence-corrected chi connectivity index (χ2v) is 9.74. The van der Waals surface area contributed by atoms with Crippen molar-refractivity contribution in [3.05, 3.63) is 75.4 Å². The van der Waals surface area contributed by atoms with E-state index in [0.29, 0.717) is 23.3 Å². The maximum Gasteiger partial charge on any atom is 0.344 e. The molecule has 166 valence electrons. The van der Waals surface area contributed by atoms with Gasteiger partial charge in [0.05, 0.1) is 28.9 Å². The average Bonchev–Trinajstić information content (AvgIpc) is 3.51. The summed E-state index contributed by atoms with van der Waals surface area (Å²) in [6, 6.07) is 16.1. The standard InChI is InChI=1S/C23H24ClN5O2S/c1-15(32-23-27-26-22(30)29(23)14-18-8-5-11-31-18)21-25-19-12-17(24)9-10-20(19)28(21)13-16-6-3-2-4-7-16/h2-4,6-7,9-10,12,15,18H,5,8,11,13-14H2,1H3,(H,26,30). The van der Waals surface area contributed by atoms with Gasteiger partial charge in [-0.1, -0.05) is 53.7 Å². The Morgan fingerprint density at radius 3 is 2.88 bits per heavy atom. The predicted molar refractivity (Wildman–Crippen MR) is 126 cm³/mol. The van der Waals surface area contributed by atoms with Gasteiger partial charge in [-0.15, -0.1) is 5.10 Å². The monoisotopic (exact) mass is 469 g/mol. The highest BCUT2D eigenvalue weighted by Gasteiger charge is 2.24. The molecule has 2 unspecified atom stereocenters. The minimum Gasteiger partial charge on any atom is -0.376 e. The quantitative estimate of drug-likeness (QED) is 0.398. The third-order valence-corrected chi connectivity index (χ3v) is 7.02. The zero-order valence-corrected chi connectivity index (χ0v) is 19.3. The Bertz CT molecular complexity index is 1280. The fraction of sp³-hybridized carbons (Fsp3) is 0.348. The van der Waals surface area contributed by atoms with Crippen LogP contribution in [0.1, 0.15) is 36.4 Å². The summed E-state index contributed by atoms with van der Waals surface area (Å²) in [5.74, 6) is 0.912. The van der Waals surface area contributed by atoms with Crippen molar-refractivity contribution in [1.29, 1.82) is 0 Å². The van der Waals surface area contributed by atoms with Crippen LogP contribution in [0.2, 0.25) is 5.02 Å². The topological polar surface area (TPSA) is 77.7 Å². The number of H-pyrrole nitrogens is 1. The molecule has 0 spiro atoms. The Hall–Kier alpha value is -2.55. The number of thioether (sulfide) groups is 1. The number of hydrogen-bond acceptors (Lipinski definition) is 5. The van der Waals surface area contributed by atoms with E-state index >= 15 is 0 Å². The maximum atomic E-state index is 12.4. The molecule has 0 amide bonds. The van der Waals surface area contributed by atoms with E-state index in [9.17, 15) is 4.79 Å². The number of halogens is 1. The van der Waals surface area contributed by atoms with Gasteiger partial charge < -0.3 is 9.30 Å². The molecule has 0 aliphatic carbocycles. The number of fused-ring (bicyclic) bond motifs is 1. The van der Waals surface area contributed by atoms with Crippen molar-refractivity contribution in [3.63, 3.8) is 0 Å². The van der Waals surface area contributed by atoms with Crippen LogP contribution in [0.25, 0.3) is 11.0 Å². The van der Waals surface area contributed by atoms with E-state index in [1.54, 1.807) is 4.57 Å². The van der Waals surface area contributed by atoms with Crippen LogP contribution in [0.4, 0.5) is 0 Å². The van der Waals surface area contributed by atoms with Crippen molar-refractivity contribution in [2.24, 2.45) is 0 Å². The van der Waals surface area contributed by atoms with E-state index in [4.69, 9.17) is 21.3 Å². The van der Waals surface area contributed by atoms with Gasteiger partial charge in [-0.3, -0.25) is 4.57 Å². The number of nitrogens with one attached hydrogen (secondary N) is 1. The Balaban J connectivity index is 1.48. The van der Waals surface area contributed by atoms with E-state index < -0.39 is 0 Å². The highest BCUT2D eigenvalue weighted by atomic mass is 35.5. The Labute approximate surface area is 194 Å². The summed E-state index contributed by atoms with van der Waals surface area (Å²) >= 11 is 7.76. The van der Waals surface area contributed by atoms with Crippen LogP contribution in [-0.4, -0.2) is 37.0 Å². The largest absolute Gasteiger partial charge is 0.376 e. The molecule has 1 aliphatic rings. The summed E-state index contributed by atoms with van der Waals surface area (Å²) in [5, 5.41) is 8.14. The van der Waals surface area contributed by atoms with Crippen LogP contribution in [0.3, 0.4) is 0 Å². The Kier molecular flexibility index (Phi) is 6.08. The van der Waals surface area contributed by atoms with Crippen molar-refractivity contribution in [1.82, 2.24) is 24.3 Å². The first kappa shape index (κ1) is 21.3. The van der Waals surface area contributed by atoms with Gasteiger partial charge in [-0.05, 0) is 43.5 Å². The first-order valence-electron chi connectivity index (χ1n) is 10.7. The zero-order chi connectivity index (χ0) is 22.1. The van der Waals surface area contributed by atoms with Crippen LogP contribution in [0, 0.1) is 0 Å². The first-order chi connectivity index (χ1) is 15.6. The second kappa shape index (κ2) is 9.13. The molecule has 1 saturated heterocycles. The van der Waals surface area contributed by atoms with E-state index in [2.05, 4.69) is 33.8 Å². The number of nitrogens with zero attached hydrogens (tertiary/aromatic N) is 4. The highest BCUT2D eigenvalue weighted by molar-refractivity contribution is 7.99. The third-order valence-electron chi connectivity index (χ3n) is 5.70. The third kappa shape index (κ3) is 4.35. The summed E-state index contributed by atoms with van der Waals surface area (Å²) in [6.07, 6.45) is 2.05. The number of imidazole rings is 1. The first-order valence-corrected chi connectivity index (χ1v) is 12.0. The van der Waals surface area contributed by atoms with E-state index in [1.807, 2.05) is 36.4 Å². The van der Waals surface area contributed by atoms with Crippen LogP contribution < -0.4 is 5.69 Å². The van der Waals surface area contributed by atoms with Crippen molar-refractivity contribution in [2.45, 2.75) is 49.4 Å². The number of benzene rings is 2. The molecule has 0 bridgehead atoms. The second-order valence-electron chi connectivity index (χ2n) is 7.99. The summed E-state index contributed by atoms with van der Waals surface area (Å²) in [5.41, 5.74) is 2.86. The summed E-state index contributed by atoms with van der Waals surface area (Å²) in [4.78, 5) is 17.3. The fourth-order valence-electron chi connectivity index (χ4n) is 4.12. The molecule has 32 heavy (non-hydrogen) atoms. The molecule has 4 aromatic rings. The van der Waals surface area contributed by atoms with Gasteiger partial charge in [0, 0.05) is 18.2 Å². The lowest BCUT2D eigenvalue weighted by atomic mass is 10.2. The molecule has 9 heteroatoms. The Morgan fingerprint density at radius 1 is 1.25 bits per heavy atom. The molecular weight excluding hydrogens is 446 g/mol. The Morgan fingerprint density at radius 2 is 2.09 bits per heavy atom. The van der Waals surface area contributed by atoms with Crippen LogP contribution in [0.15, 0.2) is 58.5 Å². The number of ether oxygens (including phenoxy) is 1. The van der Waals surface area contributed by atoms with E-state index in [1.165, 1.54) is 17.3 Å². The lowest BCUT2D eigenvalue weighted by Gasteiger charge is -2.16. The zero-order valence-electron chi connectivity index (χ0n) is 17.7. The lowest BCUT2D eigenvalue weighted by Crippen LogP contribution is -2.25. The van der Waals surface area contributed by atoms with E-state index in [-0.39, 0.29) is 17.0 Å². The van der Waals surface area contributed by atoms with Gasteiger partial charge in [-0.2, -0.15) is 0 Å². The van der Waals surface area contributed by atoms with Gasteiger partial charge in [0.25, 0.3) is 0 Å². The number of aromatic nitrogens is 5. The fourth-order valence-corrected chi connectivity index (χ4v) is 5.27. The molecule has 7 nitrogen and oxygen atoms in total. The molecule has 2 aromatic carbocycles. The highest BCUT2D eigenvalue weighted by Crippen LogP contribution is 2.35. The van der Waals surface area contributed by atoms with Crippen LogP contribution in [-0.2, 0) is 17.8 Å². The summed E-state index contributed by atoms with van der Waals surface area (Å²) in [6.45, 7) is 4.05. The molecule has 1 aliphatic heterocycles. The molecule has 0 radical (unpaired) electrons. The molecule has 5 rings (SSSR count). The normalized spacial score (nSPS) is 17.2. The van der Waals surface area contributed by atoms with Gasteiger partial charge in [0.2, 0.25) is 0 Å². The van der Waals surface area contributed by atoms with Gasteiger partial charge in [0.1, 0.15) is 5.82 Å². The van der Waals surface area contributed by atoms with Crippen molar-refractivity contribution < 1.29 is 4.74 Å². The molecule has 2 aromatic heterocycles. The van der Waals surface area contributed by atoms with Crippen molar-refractivity contribution >= 4 is 34.4 Å². The molecule has 1 N–H and O–H groups in total. The minimum atomic E-state index is -0.209. The SMILES string of the molecule is CC(Sc1n[nH]c(=O)n1CC1CCCO1)c1nc2cc(Cl)ccc2n1Cc1ccccc1. The van der Waals surface area contributed by atoms with Gasteiger partial charge in [0.15, 0.2) is 5.16 Å². The van der Waals surface area contributed by atoms with E-state index in [0.717, 1.165) is 36.3 Å². The van der Waals surface area contributed by atoms with Crippen LogP contribution in [0.5, 0.6) is 0 Å². The van der Waals surface area contributed by atoms with Crippen molar-refractivity contribution in [3.8, 4) is 0 Å². The van der Waals surface area contributed by atoms with Crippen molar-refractivity contribution in [2.75, 3.05) is 6.61 Å². The number of aromatic amines is 1. The summed E-state index contributed by atoms with van der Waals surface area (Å²) in [7, 11) is 0. The molecule has 2 atom stereocenters. The lowest BCUT2D eigenvalue weighted by molar-refractivity contribution is 0.0941. The molecule has 0 saturated carbocycles. The number of rotatable bonds is 7. The molecule has 1 fully saturated rings. The minimum absolute atomic E-state index is 0.0386. The average molecular weight is 470 g/mol. The number of hydrogen-bond donors (Lipinski definition) is 1. The summed E-state index contributed by atoms with van der Waals surface area (Å²) < 4.78 is 9.62. The van der Waals surface area contributed by atoms with Crippen LogP contribution >= 0.6 is 23.4 Å². The molecular formula is C23H24ClN5O2S. The maximum absolute atomic E-state index is 12.4. The van der Waals surface area contributed by atoms with Gasteiger partial charge in [-0.25, -0.2) is 14.9 Å².